The summed E-state index contributed by atoms with van der Waals surface area (Å²) >= 11 is 0. The Morgan fingerprint density at radius 3 is 2.50 bits per heavy atom. The molecule has 0 saturated heterocycles. The minimum absolute atomic E-state index is 0.360. The third kappa shape index (κ3) is 5.31. The Balaban J connectivity index is 1.80. The molecule has 1 aromatic rings. The Morgan fingerprint density at radius 2 is 1.92 bits per heavy atom. The predicted octanol–water partition coefficient (Wildman–Crippen LogP) is 2.15. The largest absolute Gasteiger partial charge is 0.482 e. The van der Waals surface area contributed by atoms with Gasteiger partial charge in [0, 0.05) is 5.56 Å². The highest BCUT2D eigenvalue weighted by atomic mass is 16.6. The minimum Gasteiger partial charge on any atom is -0.482 e. The minimum atomic E-state index is -1.02. The molecule has 0 aliphatic heterocycles. The highest BCUT2D eigenvalue weighted by Crippen LogP contribution is 2.27. The van der Waals surface area contributed by atoms with Crippen molar-refractivity contribution in [2.45, 2.75) is 50.7 Å². The monoisotopic (exact) mass is 358 g/mol. The highest BCUT2D eigenvalue weighted by molar-refractivity contribution is 5.84. The van der Waals surface area contributed by atoms with Gasteiger partial charge in [0.15, 0.2) is 12.7 Å². The van der Waals surface area contributed by atoms with Crippen LogP contribution in [0.25, 0.3) is 0 Å². The molecular formula is C19H22N2O5. The van der Waals surface area contributed by atoms with Gasteiger partial charge in [-0.15, -0.1) is 0 Å². The number of nitrogens with zero attached hydrogens (tertiary/aromatic N) is 1. The molecule has 1 aliphatic carbocycles. The highest BCUT2D eigenvalue weighted by Gasteiger charge is 2.35. The lowest BCUT2D eigenvalue weighted by Gasteiger charge is -2.32. The lowest BCUT2D eigenvalue weighted by atomic mass is 9.83. The van der Waals surface area contributed by atoms with E-state index in [1.807, 2.05) is 0 Å². The fraction of sp³-hybridized carbons (Fsp3) is 0.474. The van der Waals surface area contributed by atoms with E-state index in [0.29, 0.717) is 30.4 Å². The van der Waals surface area contributed by atoms with E-state index < -0.39 is 23.5 Å². The molecule has 7 nitrogen and oxygen atoms in total. The summed E-state index contributed by atoms with van der Waals surface area (Å²) in [5, 5.41) is 12.1. The van der Waals surface area contributed by atoms with Crippen molar-refractivity contribution >= 4 is 18.2 Å². The summed E-state index contributed by atoms with van der Waals surface area (Å²) in [4.78, 5) is 34.7. The number of nitrogens with one attached hydrogen (secondary N) is 1. The van der Waals surface area contributed by atoms with E-state index in [4.69, 9.17) is 9.47 Å². The predicted molar refractivity (Wildman–Crippen MR) is 92.5 cm³/mol. The molecule has 1 N–H and O–H groups in total. The molecule has 0 radical (unpaired) electrons. The SMILES string of the molecule is C[C@@H](OC(=O)COc1ccc(C=O)cc1)C(=O)NC1(C#N)CCCCC1. The zero-order chi connectivity index (χ0) is 19.0. The van der Waals surface area contributed by atoms with Crippen molar-refractivity contribution in [1.29, 1.82) is 5.26 Å². The molecule has 0 bridgehead atoms. The van der Waals surface area contributed by atoms with Crippen LogP contribution in [0.3, 0.4) is 0 Å². The number of aldehydes is 1. The number of hydrogen-bond acceptors (Lipinski definition) is 6. The number of carbonyl (C=O) groups excluding carboxylic acids is 3. The van der Waals surface area contributed by atoms with Crippen LogP contribution in [0, 0.1) is 11.3 Å². The van der Waals surface area contributed by atoms with Crippen molar-refractivity contribution < 1.29 is 23.9 Å². The summed E-state index contributed by atoms with van der Waals surface area (Å²) in [6.45, 7) is 1.10. The van der Waals surface area contributed by atoms with E-state index in [0.717, 1.165) is 19.3 Å². The van der Waals surface area contributed by atoms with Crippen LogP contribution < -0.4 is 10.1 Å². The molecule has 7 heteroatoms. The topological polar surface area (TPSA) is 105 Å². The van der Waals surface area contributed by atoms with Gasteiger partial charge in [-0.1, -0.05) is 19.3 Å². The molecule has 1 aliphatic rings. The summed E-state index contributed by atoms with van der Waals surface area (Å²) in [5.41, 5.74) is -0.369. The number of amides is 1. The van der Waals surface area contributed by atoms with Crippen LogP contribution in [-0.2, 0) is 14.3 Å². The van der Waals surface area contributed by atoms with Gasteiger partial charge < -0.3 is 14.8 Å². The van der Waals surface area contributed by atoms with Gasteiger partial charge >= 0.3 is 5.97 Å². The summed E-state index contributed by atoms with van der Waals surface area (Å²) in [6, 6.07) is 8.44. The van der Waals surface area contributed by atoms with Gasteiger partial charge in [-0.3, -0.25) is 9.59 Å². The average molecular weight is 358 g/mol. The molecule has 138 valence electrons. The van der Waals surface area contributed by atoms with Gasteiger partial charge in [-0.05, 0) is 44.0 Å². The standard InChI is InChI=1S/C19H22N2O5/c1-14(18(24)21-19(13-20)9-3-2-4-10-19)26-17(23)12-25-16-7-5-15(11-22)6-8-16/h5-8,11,14H,2-4,9-10,12H2,1H3,(H,21,24)/t14-/m1/s1. The molecular weight excluding hydrogens is 336 g/mol. The second kappa shape index (κ2) is 8.99. The molecule has 1 fully saturated rings. The lowest BCUT2D eigenvalue weighted by molar-refractivity contribution is -0.157. The number of hydrogen-bond donors (Lipinski definition) is 1. The number of carbonyl (C=O) groups is 3. The number of esters is 1. The summed E-state index contributed by atoms with van der Waals surface area (Å²) in [6.07, 6.45) is 3.73. The molecule has 0 aromatic heterocycles. The first kappa shape index (κ1) is 19.4. The van der Waals surface area contributed by atoms with Crippen LogP contribution in [0.15, 0.2) is 24.3 Å². The summed E-state index contributed by atoms with van der Waals surface area (Å²) in [7, 11) is 0. The first-order valence-corrected chi connectivity index (χ1v) is 8.59. The fourth-order valence-corrected chi connectivity index (χ4v) is 2.83. The zero-order valence-electron chi connectivity index (χ0n) is 14.7. The van der Waals surface area contributed by atoms with E-state index in [1.165, 1.54) is 6.92 Å². The van der Waals surface area contributed by atoms with Gasteiger partial charge in [0.2, 0.25) is 0 Å². The maximum atomic E-state index is 12.2. The summed E-state index contributed by atoms with van der Waals surface area (Å²) in [5.74, 6) is -0.769. The van der Waals surface area contributed by atoms with Crippen LogP contribution >= 0.6 is 0 Å². The van der Waals surface area contributed by atoms with Crippen LogP contribution in [-0.4, -0.2) is 36.4 Å². The number of benzene rings is 1. The molecule has 26 heavy (non-hydrogen) atoms. The van der Waals surface area contributed by atoms with E-state index in [1.54, 1.807) is 24.3 Å². The molecule has 1 saturated carbocycles. The molecule has 0 spiro atoms. The molecule has 1 aromatic carbocycles. The third-order valence-corrected chi connectivity index (χ3v) is 4.33. The van der Waals surface area contributed by atoms with E-state index in [2.05, 4.69) is 11.4 Å². The normalized spacial score (nSPS) is 16.6. The van der Waals surface area contributed by atoms with Crippen molar-refractivity contribution in [2.24, 2.45) is 0 Å². The molecule has 1 atom stereocenters. The van der Waals surface area contributed by atoms with E-state index in [-0.39, 0.29) is 6.61 Å². The Hall–Kier alpha value is -2.88. The smallest absolute Gasteiger partial charge is 0.344 e. The maximum absolute atomic E-state index is 12.2. The van der Waals surface area contributed by atoms with Gasteiger partial charge in [0.1, 0.15) is 17.6 Å². The fourth-order valence-electron chi connectivity index (χ4n) is 2.83. The first-order chi connectivity index (χ1) is 12.5. The number of ether oxygens (including phenoxy) is 2. The van der Waals surface area contributed by atoms with Crippen LogP contribution in [0.4, 0.5) is 0 Å². The van der Waals surface area contributed by atoms with Crippen molar-refractivity contribution in [3.05, 3.63) is 29.8 Å². The molecule has 2 rings (SSSR count). The van der Waals surface area contributed by atoms with Crippen molar-refractivity contribution in [1.82, 2.24) is 5.32 Å². The van der Waals surface area contributed by atoms with Gasteiger partial charge in [-0.2, -0.15) is 5.26 Å². The number of rotatable bonds is 7. The Morgan fingerprint density at radius 1 is 1.27 bits per heavy atom. The van der Waals surface area contributed by atoms with Crippen LogP contribution in [0.5, 0.6) is 5.75 Å². The molecule has 0 unspecified atom stereocenters. The maximum Gasteiger partial charge on any atom is 0.344 e. The van der Waals surface area contributed by atoms with E-state index in [9.17, 15) is 19.6 Å². The van der Waals surface area contributed by atoms with Gasteiger partial charge in [-0.25, -0.2) is 4.79 Å². The quantitative estimate of drug-likeness (QED) is 0.591. The van der Waals surface area contributed by atoms with Crippen molar-refractivity contribution in [2.75, 3.05) is 6.61 Å². The first-order valence-electron chi connectivity index (χ1n) is 8.59. The van der Waals surface area contributed by atoms with Crippen LogP contribution in [0.2, 0.25) is 0 Å². The average Bonchev–Trinajstić information content (AvgIpc) is 2.67. The van der Waals surface area contributed by atoms with Crippen molar-refractivity contribution in [3.63, 3.8) is 0 Å². The van der Waals surface area contributed by atoms with Gasteiger partial charge in [0.05, 0.1) is 6.07 Å². The Bertz CT molecular complexity index is 687. The second-order valence-corrected chi connectivity index (χ2v) is 6.35. The Labute approximate surface area is 152 Å². The molecule has 0 heterocycles. The van der Waals surface area contributed by atoms with Crippen molar-refractivity contribution in [3.8, 4) is 11.8 Å². The molecule has 1 amide bonds. The van der Waals surface area contributed by atoms with Crippen LogP contribution in [0.1, 0.15) is 49.4 Å². The summed E-state index contributed by atoms with van der Waals surface area (Å²) < 4.78 is 10.3. The third-order valence-electron chi connectivity index (χ3n) is 4.33. The number of nitriles is 1. The van der Waals surface area contributed by atoms with E-state index >= 15 is 0 Å². The van der Waals surface area contributed by atoms with Gasteiger partial charge in [0.25, 0.3) is 5.91 Å². The second-order valence-electron chi connectivity index (χ2n) is 6.35. The zero-order valence-corrected chi connectivity index (χ0v) is 14.7. The Kier molecular flexibility index (Phi) is 6.73. The lowest BCUT2D eigenvalue weighted by Crippen LogP contribution is -2.52.